The van der Waals surface area contributed by atoms with Crippen LogP contribution in [0.2, 0.25) is 0 Å². The third-order valence-electron chi connectivity index (χ3n) is 1.95. The average molecular weight is 182 g/mol. The fourth-order valence-electron chi connectivity index (χ4n) is 0.775. The Bertz CT molecular complexity index is 236. The minimum absolute atomic E-state index is 0.117. The van der Waals surface area contributed by atoms with Crippen LogP contribution in [0, 0.1) is 11.3 Å². The Hall–Kier alpha value is -0.930. The molecule has 0 fully saturated rings. The van der Waals surface area contributed by atoms with Gasteiger partial charge in [0.25, 0.3) is 0 Å². The van der Waals surface area contributed by atoms with Gasteiger partial charge >= 0.3 is 0 Å². The van der Waals surface area contributed by atoms with E-state index in [-0.39, 0.29) is 5.92 Å². The van der Waals surface area contributed by atoms with Gasteiger partial charge in [0.1, 0.15) is 5.72 Å². The minimum atomic E-state index is -1.44. The summed E-state index contributed by atoms with van der Waals surface area (Å²) in [5.74, 6) is 0.117. The van der Waals surface area contributed by atoms with Crippen molar-refractivity contribution in [2.45, 2.75) is 26.5 Å². The van der Waals surface area contributed by atoms with Gasteiger partial charge in [0.05, 0.1) is 0 Å². The van der Waals surface area contributed by atoms with E-state index in [0.29, 0.717) is 5.57 Å². The van der Waals surface area contributed by atoms with Gasteiger partial charge in [0, 0.05) is 11.8 Å². The van der Waals surface area contributed by atoms with E-state index in [1.165, 1.54) is 6.92 Å². The number of rotatable bonds is 4. The topological polar surface area (TPSA) is 70.1 Å². The largest absolute Gasteiger partial charge is 0.372 e. The summed E-state index contributed by atoms with van der Waals surface area (Å²) in [6, 6.07) is 0. The first-order valence-electron chi connectivity index (χ1n) is 4.18. The Labute approximate surface area is 79.5 Å². The SMILES string of the molecule is C=C(C)C(C)/C=C(\C=N)C(C)(N)O. The molecule has 0 aromatic carbocycles. The fourth-order valence-corrected chi connectivity index (χ4v) is 0.775. The molecule has 0 spiro atoms. The van der Waals surface area contributed by atoms with E-state index in [4.69, 9.17) is 11.1 Å². The summed E-state index contributed by atoms with van der Waals surface area (Å²) >= 11 is 0. The number of nitrogens with two attached hydrogens (primary N) is 1. The van der Waals surface area contributed by atoms with Crippen LogP contribution in [0.25, 0.3) is 0 Å². The average Bonchev–Trinajstić information content (AvgIpc) is 1.96. The van der Waals surface area contributed by atoms with Crippen LogP contribution in [0.3, 0.4) is 0 Å². The van der Waals surface area contributed by atoms with Gasteiger partial charge in [-0.1, -0.05) is 25.2 Å². The zero-order chi connectivity index (χ0) is 10.6. The molecule has 0 aromatic rings. The second-order valence-electron chi connectivity index (χ2n) is 3.55. The zero-order valence-corrected chi connectivity index (χ0v) is 8.46. The van der Waals surface area contributed by atoms with Crippen molar-refractivity contribution in [2.75, 3.05) is 0 Å². The van der Waals surface area contributed by atoms with Crippen LogP contribution < -0.4 is 5.73 Å². The second kappa shape index (κ2) is 4.35. The molecular weight excluding hydrogens is 164 g/mol. The maximum Gasteiger partial charge on any atom is 0.137 e. The molecule has 0 aromatic heterocycles. The Morgan fingerprint density at radius 2 is 2.15 bits per heavy atom. The molecule has 0 heterocycles. The van der Waals surface area contributed by atoms with Crippen molar-refractivity contribution >= 4 is 6.21 Å². The molecule has 0 aliphatic carbocycles. The minimum Gasteiger partial charge on any atom is -0.372 e. The fraction of sp³-hybridized carbons (Fsp3) is 0.500. The third kappa shape index (κ3) is 4.01. The molecule has 0 radical (unpaired) electrons. The molecule has 13 heavy (non-hydrogen) atoms. The van der Waals surface area contributed by atoms with Crippen LogP contribution in [0.15, 0.2) is 23.8 Å². The Morgan fingerprint density at radius 1 is 1.69 bits per heavy atom. The summed E-state index contributed by atoms with van der Waals surface area (Å²) in [5.41, 5.74) is 5.39. The molecule has 3 heteroatoms. The Balaban J connectivity index is 4.77. The molecule has 2 unspecified atom stereocenters. The van der Waals surface area contributed by atoms with Gasteiger partial charge < -0.3 is 10.5 Å². The quantitative estimate of drug-likeness (QED) is 0.350. The highest BCUT2D eigenvalue weighted by atomic mass is 16.3. The highest BCUT2D eigenvalue weighted by Crippen LogP contribution is 2.15. The second-order valence-corrected chi connectivity index (χ2v) is 3.55. The molecule has 4 N–H and O–H groups in total. The predicted octanol–water partition coefficient (Wildman–Crippen LogP) is 1.44. The van der Waals surface area contributed by atoms with Crippen molar-refractivity contribution in [3.05, 3.63) is 23.8 Å². The van der Waals surface area contributed by atoms with E-state index < -0.39 is 5.72 Å². The monoisotopic (exact) mass is 182 g/mol. The van der Waals surface area contributed by atoms with Gasteiger partial charge in [-0.05, 0) is 19.8 Å². The Kier molecular flexibility index (Phi) is 4.04. The van der Waals surface area contributed by atoms with Gasteiger partial charge in [-0.25, -0.2) is 0 Å². The van der Waals surface area contributed by atoms with Gasteiger partial charge in [-0.15, -0.1) is 0 Å². The number of nitrogens with one attached hydrogen (secondary N) is 1. The molecule has 0 rings (SSSR count). The van der Waals surface area contributed by atoms with Gasteiger partial charge in [0.15, 0.2) is 0 Å². The van der Waals surface area contributed by atoms with E-state index in [9.17, 15) is 5.11 Å². The summed E-state index contributed by atoms with van der Waals surface area (Å²) < 4.78 is 0. The van der Waals surface area contributed by atoms with Crippen LogP contribution in [0.4, 0.5) is 0 Å². The molecular formula is C10H18N2O. The molecule has 0 saturated carbocycles. The lowest BCUT2D eigenvalue weighted by molar-refractivity contribution is 0.113. The smallest absolute Gasteiger partial charge is 0.137 e. The van der Waals surface area contributed by atoms with Gasteiger partial charge in [-0.3, -0.25) is 5.73 Å². The van der Waals surface area contributed by atoms with Crippen LogP contribution >= 0.6 is 0 Å². The normalized spacial score (nSPS) is 19.0. The number of hydrogen-bond acceptors (Lipinski definition) is 3. The molecule has 0 bridgehead atoms. The maximum atomic E-state index is 9.44. The summed E-state index contributed by atoms with van der Waals surface area (Å²) in [6.45, 7) is 9.07. The first kappa shape index (κ1) is 12.1. The van der Waals surface area contributed by atoms with E-state index in [2.05, 4.69) is 6.58 Å². The predicted molar refractivity (Wildman–Crippen MR) is 55.7 cm³/mol. The lowest BCUT2D eigenvalue weighted by atomic mass is 9.97. The highest BCUT2D eigenvalue weighted by Gasteiger charge is 2.18. The van der Waals surface area contributed by atoms with E-state index in [1.807, 2.05) is 13.8 Å². The molecule has 0 saturated heterocycles. The molecule has 3 nitrogen and oxygen atoms in total. The van der Waals surface area contributed by atoms with E-state index in [1.54, 1.807) is 6.08 Å². The highest BCUT2D eigenvalue weighted by molar-refractivity contribution is 5.78. The molecule has 74 valence electrons. The van der Waals surface area contributed by atoms with Crippen LogP contribution in [-0.4, -0.2) is 17.0 Å². The van der Waals surface area contributed by atoms with Gasteiger partial charge in [0.2, 0.25) is 0 Å². The van der Waals surface area contributed by atoms with Crippen molar-refractivity contribution in [3.8, 4) is 0 Å². The lowest BCUT2D eigenvalue weighted by Gasteiger charge is -2.19. The lowest BCUT2D eigenvalue weighted by Crippen LogP contribution is -2.38. The van der Waals surface area contributed by atoms with E-state index >= 15 is 0 Å². The van der Waals surface area contributed by atoms with Crippen molar-refractivity contribution in [3.63, 3.8) is 0 Å². The van der Waals surface area contributed by atoms with Crippen LogP contribution in [-0.2, 0) is 0 Å². The number of hydrogen-bond donors (Lipinski definition) is 3. The summed E-state index contributed by atoms with van der Waals surface area (Å²) in [4.78, 5) is 0. The van der Waals surface area contributed by atoms with Crippen molar-refractivity contribution in [1.29, 1.82) is 5.41 Å². The number of aliphatic hydroxyl groups is 1. The van der Waals surface area contributed by atoms with Crippen LogP contribution in [0.5, 0.6) is 0 Å². The first-order chi connectivity index (χ1) is 5.79. The Morgan fingerprint density at radius 3 is 2.38 bits per heavy atom. The van der Waals surface area contributed by atoms with Crippen molar-refractivity contribution in [2.24, 2.45) is 11.7 Å². The zero-order valence-electron chi connectivity index (χ0n) is 8.46. The van der Waals surface area contributed by atoms with Crippen LogP contribution in [0.1, 0.15) is 20.8 Å². The molecule has 0 amide bonds. The first-order valence-corrected chi connectivity index (χ1v) is 4.18. The summed E-state index contributed by atoms with van der Waals surface area (Å²) in [6.07, 6.45) is 2.81. The van der Waals surface area contributed by atoms with Crippen molar-refractivity contribution in [1.82, 2.24) is 0 Å². The summed E-state index contributed by atoms with van der Waals surface area (Å²) in [5, 5.41) is 16.5. The molecule has 0 aliphatic heterocycles. The molecule has 0 aliphatic rings. The molecule has 2 atom stereocenters. The maximum absolute atomic E-state index is 9.44. The van der Waals surface area contributed by atoms with Crippen molar-refractivity contribution < 1.29 is 5.11 Å². The summed E-state index contributed by atoms with van der Waals surface area (Å²) in [7, 11) is 0. The van der Waals surface area contributed by atoms with E-state index in [0.717, 1.165) is 11.8 Å². The third-order valence-corrected chi connectivity index (χ3v) is 1.95. The standard InChI is InChI=1S/C10H18N2O/c1-7(2)8(3)5-9(6-11)10(4,12)13/h5-6,8,11,13H,1,12H2,2-4H3/b9-5+,11-6?. The van der Waals surface area contributed by atoms with Gasteiger partial charge in [-0.2, -0.15) is 0 Å². The number of allylic oxidation sites excluding steroid dienone is 2.